The van der Waals surface area contributed by atoms with Crippen LogP contribution in [-0.2, 0) is 7.05 Å². The van der Waals surface area contributed by atoms with Gasteiger partial charge >= 0.3 is 0 Å². The molecule has 2 aromatic heterocycles. The highest BCUT2D eigenvalue weighted by Crippen LogP contribution is 2.21. The molecule has 0 spiro atoms. The van der Waals surface area contributed by atoms with Crippen molar-refractivity contribution in [1.82, 2.24) is 14.5 Å². The first-order valence-electron chi connectivity index (χ1n) is 5.61. The van der Waals surface area contributed by atoms with Gasteiger partial charge in [-0.05, 0) is 30.3 Å². The highest BCUT2D eigenvalue weighted by molar-refractivity contribution is 5.98. The monoisotopic (exact) mass is 239 g/mol. The number of hydrogen-bond acceptors (Lipinski definition) is 2. The van der Waals surface area contributed by atoms with Crippen LogP contribution in [0.3, 0.4) is 0 Å². The molecule has 0 aliphatic heterocycles. The molecular formula is C13H13N5. The number of rotatable bonds is 2. The number of H-pyrrole nitrogens is 1. The Kier molecular flexibility index (Phi) is 2.19. The summed E-state index contributed by atoms with van der Waals surface area (Å²) in [5.41, 5.74) is 8.96. The molecule has 0 radical (unpaired) electrons. The minimum Gasteiger partial charge on any atom is -0.384 e. The molecule has 0 saturated carbocycles. The average molecular weight is 239 g/mol. The van der Waals surface area contributed by atoms with Gasteiger partial charge in [0, 0.05) is 18.8 Å². The first-order chi connectivity index (χ1) is 8.65. The molecule has 0 atom stereocenters. The maximum Gasteiger partial charge on any atom is 0.155 e. The van der Waals surface area contributed by atoms with E-state index in [4.69, 9.17) is 11.1 Å². The highest BCUT2D eigenvalue weighted by atomic mass is 15.0. The Morgan fingerprint density at radius 1 is 1.39 bits per heavy atom. The number of aromatic amines is 1. The van der Waals surface area contributed by atoms with E-state index in [1.54, 1.807) is 6.07 Å². The van der Waals surface area contributed by atoms with Gasteiger partial charge in [0.15, 0.2) is 5.82 Å². The van der Waals surface area contributed by atoms with E-state index >= 15 is 0 Å². The first kappa shape index (κ1) is 10.6. The number of imidazole rings is 1. The molecule has 2 heterocycles. The van der Waals surface area contributed by atoms with Crippen LogP contribution in [-0.4, -0.2) is 20.4 Å². The predicted octanol–water partition coefficient (Wildman–Crippen LogP) is 1.85. The van der Waals surface area contributed by atoms with Crippen molar-refractivity contribution in [2.75, 3.05) is 0 Å². The SMILES string of the molecule is Cn1cccc1-c1nc2ccc(C(=N)N)cc2[nH]1. The number of fused-ring (bicyclic) bond motifs is 1. The molecule has 5 heteroatoms. The minimum atomic E-state index is 0.0620. The van der Waals surface area contributed by atoms with Gasteiger partial charge in [-0.3, -0.25) is 5.41 Å². The summed E-state index contributed by atoms with van der Waals surface area (Å²) in [7, 11) is 1.98. The molecule has 0 aliphatic rings. The number of nitrogens with one attached hydrogen (secondary N) is 2. The molecule has 0 aliphatic carbocycles. The van der Waals surface area contributed by atoms with Crippen molar-refractivity contribution in [2.45, 2.75) is 0 Å². The fourth-order valence-corrected chi connectivity index (χ4v) is 2.01. The van der Waals surface area contributed by atoms with Crippen LogP contribution >= 0.6 is 0 Å². The van der Waals surface area contributed by atoms with Crippen LogP contribution in [0.15, 0.2) is 36.5 Å². The van der Waals surface area contributed by atoms with Gasteiger partial charge < -0.3 is 15.3 Å². The van der Waals surface area contributed by atoms with Crippen molar-refractivity contribution in [3.63, 3.8) is 0 Å². The number of aryl methyl sites for hydroxylation is 1. The summed E-state index contributed by atoms with van der Waals surface area (Å²) >= 11 is 0. The third-order valence-electron chi connectivity index (χ3n) is 2.98. The summed E-state index contributed by atoms with van der Waals surface area (Å²) in [5, 5.41) is 7.43. The van der Waals surface area contributed by atoms with Crippen molar-refractivity contribution in [3.8, 4) is 11.5 Å². The van der Waals surface area contributed by atoms with Crippen LogP contribution in [0.4, 0.5) is 0 Å². The topological polar surface area (TPSA) is 83.5 Å². The van der Waals surface area contributed by atoms with Gasteiger partial charge in [0.1, 0.15) is 5.84 Å². The zero-order chi connectivity index (χ0) is 12.7. The molecule has 5 nitrogen and oxygen atoms in total. The number of nitrogens with zero attached hydrogens (tertiary/aromatic N) is 2. The second kappa shape index (κ2) is 3.73. The van der Waals surface area contributed by atoms with Crippen molar-refractivity contribution < 1.29 is 0 Å². The van der Waals surface area contributed by atoms with Crippen LogP contribution in [0.25, 0.3) is 22.6 Å². The van der Waals surface area contributed by atoms with E-state index in [2.05, 4.69) is 9.97 Å². The van der Waals surface area contributed by atoms with E-state index in [9.17, 15) is 0 Å². The van der Waals surface area contributed by atoms with Gasteiger partial charge in [0.05, 0.1) is 16.7 Å². The molecule has 0 saturated heterocycles. The third-order valence-corrected chi connectivity index (χ3v) is 2.98. The number of nitrogens with two attached hydrogens (primary N) is 1. The molecule has 18 heavy (non-hydrogen) atoms. The van der Waals surface area contributed by atoms with E-state index in [1.165, 1.54) is 0 Å². The summed E-state index contributed by atoms with van der Waals surface area (Å²) in [6.45, 7) is 0. The standard InChI is InChI=1S/C13H13N5/c1-18-6-2-3-11(18)13-16-9-5-4-8(12(14)15)7-10(9)17-13/h2-7H,1H3,(H3,14,15)(H,16,17). The zero-order valence-corrected chi connectivity index (χ0v) is 9.94. The van der Waals surface area contributed by atoms with E-state index in [1.807, 2.05) is 42.1 Å². The Morgan fingerprint density at radius 2 is 2.22 bits per heavy atom. The Bertz CT molecular complexity index is 735. The summed E-state index contributed by atoms with van der Waals surface area (Å²) < 4.78 is 2.00. The molecule has 0 bridgehead atoms. The van der Waals surface area contributed by atoms with E-state index in [0.29, 0.717) is 5.56 Å². The molecule has 4 N–H and O–H groups in total. The van der Waals surface area contributed by atoms with E-state index in [-0.39, 0.29) is 5.84 Å². The summed E-state index contributed by atoms with van der Waals surface area (Å²) in [5.74, 6) is 0.880. The lowest BCUT2D eigenvalue weighted by Crippen LogP contribution is -2.10. The summed E-state index contributed by atoms with van der Waals surface area (Å²) in [6.07, 6.45) is 1.98. The largest absolute Gasteiger partial charge is 0.384 e. The van der Waals surface area contributed by atoms with E-state index in [0.717, 1.165) is 22.6 Å². The first-order valence-corrected chi connectivity index (χ1v) is 5.61. The molecule has 3 aromatic rings. The molecule has 0 fully saturated rings. The number of nitrogen functional groups attached to an aromatic ring is 1. The Labute approximate surface area is 104 Å². The van der Waals surface area contributed by atoms with Crippen molar-refractivity contribution in [1.29, 1.82) is 5.41 Å². The van der Waals surface area contributed by atoms with Gasteiger partial charge in [-0.25, -0.2) is 4.98 Å². The Morgan fingerprint density at radius 3 is 2.89 bits per heavy atom. The fraction of sp³-hybridized carbons (Fsp3) is 0.0769. The van der Waals surface area contributed by atoms with E-state index < -0.39 is 0 Å². The molecule has 0 amide bonds. The second-order valence-corrected chi connectivity index (χ2v) is 4.24. The van der Waals surface area contributed by atoms with Gasteiger partial charge in [-0.2, -0.15) is 0 Å². The van der Waals surface area contributed by atoms with Crippen molar-refractivity contribution >= 4 is 16.9 Å². The summed E-state index contributed by atoms with van der Waals surface area (Å²) in [6, 6.07) is 9.50. The van der Waals surface area contributed by atoms with Gasteiger partial charge in [-0.1, -0.05) is 0 Å². The maximum absolute atomic E-state index is 7.43. The quantitative estimate of drug-likeness (QED) is 0.471. The van der Waals surface area contributed by atoms with Gasteiger partial charge in [0.2, 0.25) is 0 Å². The van der Waals surface area contributed by atoms with Gasteiger partial charge in [0.25, 0.3) is 0 Å². The lowest BCUT2D eigenvalue weighted by atomic mass is 10.2. The maximum atomic E-state index is 7.43. The molecule has 90 valence electrons. The number of amidine groups is 1. The number of benzene rings is 1. The van der Waals surface area contributed by atoms with Crippen LogP contribution in [0.5, 0.6) is 0 Å². The second-order valence-electron chi connectivity index (χ2n) is 4.24. The number of aromatic nitrogens is 3. The average Bonchev–Trinajstić information content (AvgIpc) is 2.92. The van der Waals surface area contributed by atoms with Crippen LogP contribution in [0.1, 0.15) is 5.56 Å². The molecule has 3 rings (SSSR count). The molecule has 1 aromatic carbocycles. The zero-order valence-electron chi connectivity index (χ0n) is 9.94. The lowest BCUT2D eigenvalue weighted by Gasteiger charge is -1.97. The Hall–Kier alpha value is -2.56. The van der Waals surface area contributed by atoms with Crippen molar-refractivity contribution in [2.24, 2.45) is 12.8 Å². The summed E-state index contributed by atoms with van der Waals surface area (Å²) in [4.78, 5) is 7.78. The minimum absolute atomic E-state index is 0.0620. The van der Waals surface area contributed by atoms with Crippen LogP contribution in [0.2, 0.25) is 0 Å². The number of hydrogen-bond donors (Lipinski definition) is 3. The predicted molar refractivity (Wildman–Crippen MR) is 71.5 cm³/mol. The normalized spacial score (nSPS) is 10.9. The lowest BCUT2D eigenvalue weighted by molar-refractivity contribution is 0.927. The van der Waals surface area contributed by atoms with Gasteiger partial charge in [-0.15, -0.1) is 0 Å². The van der Waals surface area contributed by atoms with Crippen LogP contribution < -0.4 is 5.73 Å². The molecular weight excluding hydrogens is 226 g/mol. The third kappa shape index (κ3) is 1.57. The fourth-order valence-electron chi connectivity index (χ4n) is 2.01. The molecule has 0 unspecified atom stereocenters. The van der Waals surface area contributed by atoms with Crippen LogP contribution in [0, 0.1) is 5.41 Å². The Balaban J connectivity index is 2.17. The highest BCUT2D eigenvalue weighted by Gasteiger charge is 2.08. The van der Waals surface area contributed by atoms with Crippen molar-refractivity contribution in [3.05, 3.63) is 42.1 Å². The smallest absolute Gasteiger partial charge is 0.155 e.